The van der Waals surface area contributed by atoms with E-state index in [1.165, 1.54) is 0 Å². The van der Waals surface area contributed by atoms with Gasteiger partial charge in [-0.15, -0.1) is 0 Å². The van der Waals surface area contributed by atoms with Crippen LogP contribution in [0.3, 0.4) is 0 Å². The lowest BCUT2D eigenvalue weighted by atomic mass is 10.2. The van der Waals surface area contributed by atoms with Crippen molar-refractivity contribution in [2.45, 2.75) is 20.3 Å². The summed E-state index contributed by atoms with van der Waals surface area (Å²) in [6, 6.07) is 7.15. The van der Waals surface area contributed by atoms with Gasteiger partial charge in [-0.05, 0) is 25.5 Å². The molecule has 3 rings (SSSR count). The summed E-state index contributed by atoms with van der Waals surface area (Å²) in [7, 11) is 0. The number of nitrogens with one attached hydrogen (secondary N) is 2. The van der Waals surface area contributed by atoms with Gasteiger partial charge in [0.05, 0.1) is 0 Å². The lowest BCUT2D eigenvalue weighted by Gasteiger charge is -2.09. The highest BCUT2D eigenvalue weighted by Crippen LogP contribution is 2.34. The third kappa shape index (κ3) is 3.50. The molecule has 7 heteroatoms. The van der Waals surface area contributed by atoms with Gasteiger partial charge in [-0.3, -0.25) is 4.79 Å². The predicted molar refractivity (Wildman–Crippen MR) is 85.2 cm³/mol. The molecule has 23 heavy (non-hydrogen) atoms. The van der Waals surface area contributed by atoms with Gasteiger partial charge < -0.3 is 20.1 Å². The molecule has 1 amide bonds. The number of aryl methyl sites for hydroxylation is 1. The Kier molecular flexibility index (Phi) is 4.27. The molecule has 2 N–H and O–H groups in total. The number of ether oxygens (including phenoxy) is 2. The number of anilines is 2. The van der Waals surface area contributed by atoms with Crippen LogP contribution < -0.4 is 20.1 Å². The molecule has 1 aromatic heterocycles. The fourth-order valence-corrected chi connectivity index (χ4v) is 2.20. The van der Waals surface area contributed by atoms with Crippen LogP contribution in [0.15, 0.2) is 24.3 Å². The second-order valence-electron chi connectivity index (χ2n) is 5.13. The molecular formula is C16H18N4O3. The summed E-state index contributed by atoms with van der Waals surface area (Å²) in [6.45, 7) is 4.60. The molecule has 0 bridgehead atoms. The van der Waals surface area contributed by atoms with E-state index in [0.717, 1.165) is 12.1 Å². The Morgan fingerprint density at radius 3 is 2.87 bits per heavy atom. The van der Waals surface area contributed by atoms with Crippen LogP contribution in [0.4, 0.5) is 11.5 Å². The molecular weight excluding hydrogens is 296 g/mol. The van der Waals surface area contributed by atoms with Gasteiger partial charge in [0.15, 0.2) is 11.5 Å². The van der Waals surface area contributed by atoms with E-state index in [2.05, 4.69) is 20.6 Å². The van der Waals surface area contributed by atoms with Crippen molar-refractivity contribution < 1.29 is 14.3 Å². The van der Waals surface area contributed by atoms with E-state index in [1.807, 2.05) is 25.1 Å². The Hall–Kier alpha value is -2.83. The van der Waals surface area contributed by atoms with Gasteiger partial charge >= 0.3 is 0 Å². The minimum absolute atomic E-state index is 0.203. The van der Waals surface area contributed by atoms with Crippen molar-refractivity contribution in [3.05, 3.63) is 35.8 Å². The number of carbonyl (C=O) groups is 1. The molecule has 0 unspecified atom stereocenters. The molecule has 1 aromatic carbocycles. The van der Waals surface area contributed by atoms with Gasteiger partial charge in [-0.1, -0.05) is 6.92 Å². The summed E-state index contributed by atoms with van der Waals surface area (Å²) in [5.41, 5.74) is 1.14. The van der Waals surface area contributed by atoms with Crippen molar-refractivity contribution in [2.75, 3.05) is 18.7 Å². The van der Waals surface area contributed by atoms with E-state index in [-0.39, 0.29) is 12.7 Å². The van der Waals surface area contributed by atoms with E-state index < -0.39 is 0 Å². The monoisotopic (exact) mass is 314 g/mol. The van der Waals surface area contributed by atoms with Gasteiger partial charge in [-0.2, -0.15) is 0 Å². The molecule has 0 spiro atoms. The average molecular weight is 314 g/mol. The fourth-order valence-electron chi connectivity index (χ4n) is 2.20. The van der Waals surface area contributed by atoms with Crippen LogP contribution in [-0.2, 0) is 0 Å². The number of amides is 1. The third-order valence-electron chi connectivity index (χ3n) is 3.25. The standard InChI is InChI=1S/C16H18N4O3/c1-3-6-17-16(21)12-8-15(19-10(2)18-12)20-11-4-5-13-14(7-11)23-9-22-13/h4-5,7-8H,3,6,9H2,1-2H3,(H,17,21)(H,18,19,20). The topological polar surface area (TPSA) is 85.4 Å². The van der Waals surface area contributed by atoms with Crippen LogP contribution in [0, 0.1) is 6.92 Å². The van der Waals surface area contributed by atoms with Crippen LogP contribution in [0.5, 0.6) is 11.5 Å². The number of aromatic nitrogens is 2. The van der Waals surface area contributed by atoms with Gasteiger partial charge in [-0.25, -0.2) is 9.97 Å². The third-order valence-corrected chi connectivity index (χ3v) is 3.25. The first-order valence-electron chi connectivity index (χ1n) is 7.46. The maximum Gasteiger partial charge on any atom is 0.270 e. The molecule has 1 aliphatic rings. The lowest BCUT2D eigenvalue weighted by molar-refractivity contribution is 0.0948. The summed E-state index contributed by atoms with van der Waals surface area (Å²) >= 11 is 0. The smallest absolute Gasteiger partial charge is 0.270 e. The van der Waals surface area contributed by atoms with Gasteiger partial charge in [0.2, 0.25) is 6.79 Å². The largest absolute Gasteiger partial charge is 0.454 e. The average Bonchev–Trinajstić information content (AvgIpc) is 2.99. The molecule has 120 valence electrons. The van der Waals surface area contributed by atoms with E-state index in [4.69, 9.17) is 9.47 Å². The molecule has 2 aromatic rings. The van der Waals surface area contributed by atoms with Crippen molar-refractivity contribution in [3.63, 3.8) is 0 Å². The Labute approximate surface area is 134 Å². The molecule has 0 saturated carbocycles. The first kappa shape index (κ1) is 15.1. The summed E-state index contributed by atoms with van der Waals surface area (Å²) in [5.74, 6) is 2.28. The second-order valence-corrected chi connectivity index (χ2v) is 5.13. The summed E-state index contributed by atoms with van der Waals surface area (Å²) in [4.78, 5) is 20.5. The Bertz CT molecular complexity index is 733. The van der Waals surface area contributed by atoms with E-state index in [0.29, 0.717) is 35.4 Å². The lowest BCUT2D eigenvalue weighted by Crippen LogP contribution is -2.25. The van der Waals surface area contributed by atoms with Gasteiger partial charge in [0.1, 0.15) is 17.3 Å². The molecule has 2 heterocycles. The SMILES string of the molecule is CCCNC(=O)c1cc(Nc2ccc3c(c2)OCO3)nc(C)n1. The molecule has 0 saturated heterocycles. The normalized spacial score (nSPS) is 12.1. The van der Waals surface area contributed by atoms with Gasteiger partial charge in [0, 0.05) is 24.4 Å². The number of carbonyl (C=O) groups excluding carboxylic acids is 1. The number of benzene rings is 1. The number of hydrogen-bond donors (Lipinski definition) is 2. The summed E-state index contributed by atoms with van der Waals surface area (Å²) in [6.07, 6.45) is 0.873. The Morgan fingerprint density at radius 1 is 1.22 bits per heavy atom. The highest BCUT2D eigenvalue weighted by Gasteiger charge is 2.14. The van der Waals surface area contributed by atoms with Gasteiger partial charge in [0.25, 0.3) is 5.91 Å². The van der Waals surface area contributed by atoms with Crippen LogP contribution in [0.25, 0.3) is 0 Å². The van der Waals surface area contributed by atoms with Crippen molar-refractivity contribution >= 4 is 17.4 Å². The number of rotatable bonds is 5. The summed E-state index contributed by atoms with van der Waals surface area (Å²) in [5, 5.41) is 5.97. The van der Waals surface area contributed by atoms with Crippen molar-refractivity contribution in [3.8, 4) is 11.5 Å². The van der Waals surface area contributed by atoms with Crippen LogP contribution in [0.1, 0.15) is 29.7 Å². The molecule has 1 aliphatic heterocycles. The molecule has 0 atom stereocenters. The molecule has 0 aliphatic carbocycles. The van der Waals surface area contributed by atoms with Crippen LogP contribution in [0.2, 0.25) is 0 Å². The highest BCUT2D eigenvalue weighted by atomic mass is 16.7. The Morgan fingerprint density at radius 2 is 2.04 bits per heavy atom. The van der Waals surface area contributed by atoms with E-state index in [9.17, 15) is 4.79 Å². The maximum absolute atomic E-state index is 12.0. The molecule has 0 radical (unpaired) electrons. The predicted octanol–water partition coefficient (Wildman–Crippen LogP) is 2.40. The number of nitrogens with zero attached hydrogens (tertiary/aromatic N) is 2. The zero-order valence-corrected chi connectivity index (χ0v) is 13.0. The van der Waals surface area contributed by atoms with Crippen LogP contribution in [-0.4, -0.2) is 29.2 Å². The highest BCUT2D eigenvalue weighted by molar-refractivity contribution is 5.93. The minimum atomic E-state index is -0.203. The van der Waals surface area contributed by atoms with Crippen molar-refractivity contribution in [1.29, 1.82) is 0 Å². The van der Waals surface area contributed by atoms with E-state index in [1.54, 1.807) is 13.0 Å². The van der Waals surface area contributed by atoms with Crippen LogP contribution >= 0.6 is 0 Å². The first-order chi connectivity index (χ1) is 11.2. The first-order valence-corrected chi connectivity index (χ1v) is 7.46. The zero-order valence-electron chi connectivity index (χ0n) is 13.0. The van der Waals surface area contributed by atoms with Crippen molar-refractivity contribution in [2.24, 2.45) is 0 Å². The quantitative estimate of drug-likeness (QED) is 0.881. The summed E-state index contributed by atoms with van der Waals surface area (Å²) < 4.78 is 10.6. The molecule has 0 fully saturated rings. The van der Waals surface area contributed by atoms with E-state index >= 15 is 0 Å². The Balaban J connectivity index is 1.80. The maximum atomic E-state index is 12.0. The molecule has 7 nitrogen and oxygen atoms in total. The number of fused-ring (bicyclic) bond motifs is 1. The van der Waals surface area contributed by atoms with Crippen molar-refractivity contribution in [1.82, 2.24) is 15.3 Å². The zero-order chi connectivity index (χ0) is 16.2. The number of hydrogen-bond acceptors (Lipinski definition) is 6. The fraction of sp³-hybridized carbons (Fsp3) is 0.312. The minimum Gasteiger partial charge on any atom is -0.454 e. The second kappa shape index (κ2) is 6.51.